The maximum absolute atomic E-state index is 10.6. The molecule has 0 amide bonds. The molecule has 0 aliphatic carbocycles. The lowest BCUT2D eigenvalue weighted by Gasteiger charge is -2.08. The van der Waals surface area contributed by atoms with Crippen LogP contribution in [0.5, 0.6) is 0 Å². The van der Waals surface area contributed by atoms with E-state index in [1.54, 1.807) is 0 Å². The van der Waals surface area contributed by atoms with Crippen molar-refractivity contribution in [3.05, 3.63) is 0 Å². The monoisotopic (exact) mass is 161 g/mol. The number of carbonyl (C=O) groups excluding carboxylic acids is 1. The maximum Gasteiger partial charge on any atom is 0.328 e. The Balaban J connectivity index is 3.90. The minimum Gasteiger partial charge on any atom is -0.480 e. The normalized spacial score (nSPS) is 12.5. The predicted molar refractivity (Wildman–Crippen MR) is 37.2 cm³/mol. The van der Waals surface area contributed by atoms with Crippen molar-refractivity contribution in [3.63, 3.8) is 0 Å². The Bertz CT molecular complexity index is 143. The Morgan fingerprint density at radius 2 is 2.09 bits per heavy atom. The van der Waals surface area contributed by atoms with E-state index in [4.69, 9.17) is 10.2 Å². The number of aliphatic hydroxyl groups is 1. The number of ketones is 1. The highest BCUT2D eigenvalue weighted by Gasteiger charge is 2.20. The van der Waals surface area contributed by atoms with E-state index in [-0.39, 0.29) is 13.2 Å². The van der Waals surface area contributed by atoms with Gasteiger partial charge in [0.2, 0.25) is 0 Å². The number of nitrogens with one attached hydrogen (secondary N) is 1. The molecule has 0 aromatic carbocycles. The third-order valence-corrected chi connectivity index (χ3v) is 1.11. The molecule has 11 heavy (non-hydrogen) atoms. The van der Waals surface area contributed by atoms with Crippen LogP contribution in [-0.2, 0) is 9.59 Å². The summed E-state index contributed by atoms with van der Waals surface area (Å²) in [5.41, 5.74) is 0. The molecule has 1 atom stereocenters. The number of Topliss-reactive ketones (excluding diaryl/α,β-unsaturated/α-hetero) is 1. The molecular weight excluding hydrogens is 150 g/mol. The zero-order chi connectivity index (χ0) is 8.85. The molecule has 0 rings (SSSR count). The summed E-state index contributed by atoms with van der Waals surface area (Å²) in [6.07, 6.45) is 0. The van der Waals surface area contributed by atoms with E-state index >= 15 is 0 Å². The summed E-state index contributed by atoms with van der Waals surface area (Å²) in [6, 6.07) is -1.19. The summed E-state index contributed by atoms with van der Waals surface area (Å²) >= 11 is 0. The molecule has 0 radical (unpaired) electrons. The Morgan fingerprint density at radius 3 is 2.36 bits per heavy atom. The van der Waals surface area contributed by atoms with E-state index in [2.05, 4.69) is 5.32 Å². The van der Waals surface area contributed by atoms with Gasteiger partial charge in [-0.15, -0.1) is 0 Å². The van der Waals surface area contributed by atoms with Crippen molar-refractivity contribution < 1.29 is 19.8 Å². The fourth-order valence-corrected chi connectivity index (χ4v) is 0.614. The lowest BCUT2D eigenvalue weighted by molar-refractivity contribution is -0.142. The highest BCUT2D eigenvalue weighted by atomic mass is 16.4. The zero-order valence-corrected chi connectivity index (χ0v) is 6.20. The van der Waals surface area contributed by atoms with Gasteiger partial charge in [-0.2, -0.15) is 0 Å². The highest BCUT2D eigenvalue weighted by molar-refractivity contribution is 6.01. The Hall–Kier alpha value is -0.940. The second-order valence-electron chi connectivity index (χ2n) is 2.06. The van der Waals surface area contributed by atoms with Crippen LogP contribution in [0.25, 0.3) is 0 Å². The number of aliphatic carboxylic acids is 1. The molecule has 5 nitrogen and oxygen atoms in total. The van der Waals surface area contributed by atoms with Gasteiger partial charge in [-0.3, -0.25) is 14.9 Å². The van der Waals surface area contributed by atoms with Crippen molar-refractivity contribution in [3.8, 4) is 0 Å². The zero-order valence-electron chi connectivity index (χ0n) is 6.20. The van der Waals surface area contributed by atoms with Crippen LogP contribution in [0, 0.1) is 0 Å². The Kier molecular flexibility index (Phi) is 4.40. The SMILES string of the molecule is CC(=O)C(NCCO)C(=O)O. The summed E-state index contributed by atoms with van der Waals surface area (Å²) in [5.74, 6) is -1.68. The molecule has 3 N–H and O–H groups in total. The van der Waals surface area contributed by atoms with E-state index in [9.17, 15) is 9.59 Å². The highest BCUT2D eigenvalue weighted by Crippen LogP contribution is 1.84. The minimum atomic E-state index is -1.22. The molecule has 0 bridgehead atoms. The fraction of sp³-hybridized carbons (Fsp3) is 0.667. The van der Waals surface area contributed by atoms with E-state index in [1.807, 2.05) is 0 Å². The molecular formula is C6H11NO4. The van der Waals surface area contributed by atoms with Gasteiger partial charge < -0.3 is 10.2 Å². The van der Waals surface area contributed by atoms with Crippen molar-refractivity contribution in [2.75, 3.05) is 13.2 Å². The van der Waals surface area contributed by atoms with Crippen LogP contribution in [-0.4, -0.2) is 41.2 Å². The molecule has 0 saturated carbocycles. The van der Waals surface area contributed by atoms with Crippen LogP contribution in [0.15, 0.2) is 0 Å². The van der Waals surface area contributed by atoms with Crippen LogP contribution >= 0.6 is 0 Å². The first-order chi connectivity index (χ1) is 5.09. The van der Waals surface area contributed by atoms with Gasteiger partial charge in [0.05, 0.1) is 6.61 Å². The van der Waals surface area contributed by atoms with Gasteiger partial charge in [0, 0.05) is 6.54 Å². The topological polar surface area (TPSA) is 86.6 Å². The van der Waals surface area contributed by atoms with Gasteiger partial charge in [-0.25, -0.2) is 0 Å². The lowest BCUT2D eigenvalue weighted by atomic mass is 10.2. The number of aliphatic hydroxyl groups excluding tert-OH is 1. The molecule has 0 aromatic rings. The van der Waals surface area contributed by atoms with Crippen molar-refractivity contribution in [2.24, 2.45) is 0 Å². The molecule has 64 valence electrons. The van der Waals surface area contributed by atoms with Crippen LogP contribution in [0.1, 0.15) is 6.92 Å². The summed E-state index contributed by atoms with van der Waals surface area (Å²) in [7, 11) is 0. The van der Waals surface area contributed by atoms with Crippen molar-refractivity contribution >= 4 is 11.8 Å². The van der Waals surface area contributed by atoms with Gasteiger partial charge in [-0.05, 0) is 6.92 Å². The van der Waals surface area contributed by atoms with Gasteiger partial charge in [0.25, 0.3) is 0 Å². The summed E-state index contributed by atoms with van der Waals surface area (Å²) < 4.78 is 0. The van der Waals surface area contributed by atoms with Gasteiger partial charge in [0.15, 0.2) is 11.8 Å². The number of carbonyl (C=O) groups is 2. The number of carboxylic acid groups (broad SMARTS) is 1. The van der Waals surface area contributed by atoms with Gasteiger partial charge in [-0.1, -0.05) is 0 Å². The molecule has 0 aliphatic rings. The predicted octanol–water partition coefficient (Wildman–Crippen LogP) is -1.39. The van der Waals surface area contributed by atoms with Crippen LogP contribution in [0.4, 0.5) is 0 Å². The second kappa shape index (κ2) is 4.81. The number of rotatable bonds is 5. The van der Waals surface area contributed by atoms with E-state index in [0.29, 0.717) is 0 Å². The number of carboxylic acids is 1. The summed E-state index contributed by atoms with van der Waals surface area (Å²) in [5, 5.41) is 19.1. The van der Waals surface area contributed by atoms with E-state index in [0.717, 1.165) is 0 Å². The number of hydrogen-bond donors (Lipinski definition) is 3. The van der Waals surface area contributed by atoms with Crippen molar-refractivity contribution in [2.45, 2.75) is 13.0 Å². The van der Waals surface area contributed by atoms with Gasteiger partial charge >= 0.3 is 5.97 Å². The first kappa shape index (κ1) is 10.1. The first-order valence-corrected chi connectivity index (χ1v) is 3.17. The van der Waals surface area contributed by atoms with E-state index < -0.39 is 17.8 Å². The standard InChI is InChI=1S/C6H11NO4/c1-4(9)5(6(10)11)7-2-3-8/h5,7-8H,2-3H2,1H3,(H,10,11). The molecule has 0 saturated heterocycles. The molecule has 0 aromatic heterocycles. The quantitative estimate of drug-likeness (QED) is 0.432. The van der Waals surface area contributed by atoms with Crippen molar-refractivity contribution in [1.29, 1.82) is 0 Å². The fourth-order valence-electron chi connectivity index (χ4n) is 0.614. The average molecular weight is 161 g/mol. The van der Waals surface area contributed by atoms with E-state index in [1.165, 1.54) is 6.92 Å². The lowest BCUT2D eigenvalue weighted by Crippen LogP contribution is -2.43. The smallest absolute Gasteiger partial charge is 0.328 e. The van der Waals surface area contributed by atoms with Crippen LogP contribution in [0.3, 0.4) is 0 Å². The van der Waals surface area contributed by atoms with Crippen LogP contribution in [0.2, 0.25) is 0 Å². The van der Waals surface area contributed by atoms with Gasteiger partial charge in [0.1, 0.15) is 0 Å². The molecule has 0 fully saturated rings. The third-order valence-electron chi connectivity index (χ3n) is 1.11. The summed E-state index contributed by atoms with van der Waals surface area (Å²) in [4.78, 5) is 20.8. The average Bonchev–Trinajstić information content (AvgIpc) is 1.87. The summed E-state index contributed by atoms with van der Waals surface area (Å²) in [6.45, 7) is 1.11. The molecule has 1 unspecified atom stereocenters. The minimum absolute atomic E-state index is 0.108. The third kappa shape index (κ3) is 3.69. The first-order valence-electron chi connectivity index (χ1n) is 3.17. The molecule has 5 heteroatoms. The van der Waals surface area contributed by atoms with Crippen molar-refractivity contribution in [1.82, 2.24) is 5.32 Å². The molecule has 0 aliphatic heterocycles. The second-order valence-corrected chi connectivity index (χ2v) is 2.06. The largest absolute Gasteiger partial charge is 0.480 e. The molecule has 0 heterocycles. The number of hydrogen-bond acceptors (Lipinski definition) is 4. The molecule has 0 spiro atoms. The Morgan fingerprint density at radius 1 is 1.55 bits per heavy atom. The maximum atomic E-state index is 10.6. The Labute approximate surface area is 64.0 Å². The van der Waals surface area contributed by atoms with Crippen LogP contribution < -0.4 is 5.32 Å².